The Kier molecular flexibility index (Phi) is 6.80. The van der Waals surface area contributed by atoms with Crippen molar-refractivity contribution in [2.75, 3.05) is 0 Å². The van der Waals surface area contributed by atoms with E-state index in [9.17, 15) is 14.4 Å². The van der Waals surface area contributed by atoms with Crippen LogP contribution in [0.4, 0.5) is 0 Å². The van der Waals surface area contributed by atoms with Gasteiger partial charge in [0.2, 0.25) is 5.92 Å². The van der Waals surface area contributed by atoms with E-state index in [2.05, 4.69) is 10.6 Å². The zero-order valence-electron chi connectivity index (χ0n) is 20.1. The maximum Gasteiger partial charge on any atom is 0.328 e. The minimum Gasteiger partial charge on any atom is -0.461 e. The van der Waals surface area contributed by atoms with Gasteiger partial charge in [0, 0.05) is 47.8 Å². The lowest BCUT2D eigenvalue weighted by atomic mass is 9.81. The molecule has 2 N–H and O–H groups in total. The summed E-state index contributed by atoms with van der Waals surface area (Å²) in [6, 6.07) is 0. The topological polar surface area (TPSA) is 93.7 Å². The molecule has 0 saturated carbocycles. The highest BCUT2D eigenvalue weighted by molar-refractivity contribution is 6.14. The van der Waals surface area contributed by atoms with E-state index in [1.165, 1.54) is 6.92 Å². The van der Waals surface area contributed by atoms with Gasteiger partial charge in [0.25, 0.3) is 0 Å². The Balaban J connectivity index is 2.08. The summed E-state index contributed by atoms with van der Waals surface area (Å²) in [5.41, 5.74) is -0.868. The molecular formula is C23H40N2O5. The third-order valence-corrected chi connectivity index (χ3v) is 5.75. The molecule has 0 aromatic heterocycles. The van der Waals surface area contributed by atoms with Gasteiger partial charge < -0.3 is 20.1 Å². The molecule has 2 heterocycles. The maximum absolute atomic E-state index is 12.8. The van der Waals surface area contributed by atoms with Crippen LogP contribution in [0.2, 0.25) is 0 Å². The van der Waals surface area contributed by atoms with Crippen LogP contribution in [-0.2, 0) is 23.9 Å². The van der Waals surface area contributed by atoms with Crippen LogP contribution >= 0.6 is 0 Å². The third-order valence-electron chi connectivity index (χ3n) is 5.75. The van der Waals surface area contributed by atoms with E-state index in [-0.39, 0.29) is 34.4 Å². The number of piperidine rings is 2. The molecule has 7 nitrogen and oxygen atoms in total. The molecule has 0 aromatic rings. The Hall–Kier alpha value is -1.47. The van der Waals surface area contributed by atoms with Gasteiger partial charge >= 0.3 is 11.9 Å². The van der Waals surface area contributed by atoms with Crippen molar-refractivity contribution in [3.8, 4) is 0 Å². The SMILES string of the molecule is CC(=O)C(C(=O)OC1CC(C)(C)NC(C)(C)C1)C(=O)OC1CC(C)(C)NC(C)(C)C1. The van der Waals surface area contributed by atoms with E-state index in [4.69, 9.17) is 9.47 Å². The molecule has 2 rings (SSSR count). The Morgan fingerprint density at radius 3 is 1.17 bits per heavy atom. The maximum atomic E-state index is 12.8. The minimum absolute atomic E-state index is 0.217. The second-order valence-electron chi connectivity index (χ2n) is 11.8. The molecule has 30 heavy (non-hydrogen) atoms. The van der Waals surface area contributed by atoms with E-state index in [1.54, 1.807) is 0 Å². The lowest BCUT2D eigenvalue weighted by Gasteiger charge is -2.46. The van der Waals surface area contributed by atoms with Gasteiger partial charge in [-0.2, -0.15) is 0 Å². The van der Waals surface area contributed by atoms with Crippen LogP contribution in [0, 0.1) is 5.92 Å². The number of Topliss-reactive ketones (excluding diaryl/α,β-unsaturated/α-hetero) is 1. The molecule has 0 aliphatic carbocycles. The first-order valence-corrected chi connectivity index (χ1v) is 10.9. The molecule has 0 bridgehead atoms. The van der Waals surface area contributed by atoms with Crippen LogP contribution in [0.25, 0.3) is 0 Å². The Labute approximate surface area is 181 Å². The summed E-state index contributed by atoms with van der Waals surface area (Å²) in [6.45, 7) is 17.6. The van der Waals surface area contributed by atoms with Crippen LogP contribution in [0.1, 0.15) is 88.0 Å². The van der Waals surface area contributed by atoms with Crippen molar-refractivity contribution >= 4 is 17.7 Å². The first-order valence-electron chi connectivity index (χ1n) is 10.9. The van der Waals surface area contributed by atoms with Crippen molar-refractivity contribution in [1.82, 2.24) is 10.6 Å². The van der Waals surface area contributed by atoms with E-state index in [0.717, 1.165) is 0 Å². The number of nitrogens with one attached hydrogen (secondary N) is 2. The molecule has 2 fully saturated rings. The summed E-state index contributed by atoms with van der Waals surface area (Å²) in [7, 11) is 0. The molecule has 0 atom stereocenters. The third kappa shape index (κ3) is 6.77. The fraction of sp³-hybridized carbons (Fsp3) is 0.870. The molecule has 0 aromatic carbocycles. The molecule has 0 spiro atoms. The monoisotopic (exact) mass is 424 g/mol. The molecular weight excluding hydrogens is 384 g/mol. The van der Waals surface area contributed by atoms with Crippen LogP contribution in [0.3, 0.4) is 0 Å². The molecule has 0 amide bonds. The quantitative estimate of drug-likeness (QED) is 0.518. The average molecular weight is 425 g/mol. The molecule has 0 unspecified atom stereocenters. The predicted molar refractivity (Wildman–Crippen MR) is 115 cm³/mol. The highest BCUT2D eigenvalue weighted by atomic mass is 16.6. The summed E-state index contributed by atoms with van der Waals surface area (Å²) in [5.74, 6) is -3.70. The number of ether oxygens (including phenoxy) is 2. The van der Waals surface area contributed by atoms with Crippen molar-refractivity contribution < 1.29 is 23.9 Å². The van der Waals surface area contributed by atoms with Gasteiger partial charge in [-0.15, -0.1) is 0 Å². The lowest BCUT2D eigenvalue weighted by molar-refractivity contribution is -0.173. The summed E-state index contributed by atoms with van der Waals surface area (Å²) in [6.07, 6.45) is 1.71. The van der Waals surface area contributed by atoms with E-state index >= 15 is 0 Å². The van der Waals surface area contributed by atoms with Crippen molar-refractivity contribution in [2.45, 2.75) is 122 Å². The Bertz CT molecular complexity index is 612. The Morgan fingerprint density at radius 2 is 0.933 bits per heavy atom. The molecule has 0 radical (unpaired) electrons. The average Bonchev–Trinajstić information content (AvgIpc) is 2.38. The van der Waals surface area contributed by atoms with Gasteiger partial charge in [-0.05, 0) is 62.3 Å². The van der Waals surface area contributed by atoms with Crippen molar-refractivity contribution in [1.29, 1.82) is 0 Å². The first-order chi connectivity index (χ1) is 13.4. The Morgan fingerprint density at radius 1 is 0.667 bits per heavy atom. The number of carbonyl (C=O) groups excluding carboxylic acids is 3. The van der Waals surface area contributed by atoms with Gasteiger partial charge in [-0.25, -0.2) is 0 Å². The number of rotatable bonds is 5. The smallest absolute Gasteiger partial charge is 0.328 e. The second-order valence-corrected chi connectivity index (χ2v) is 11.8. The summed E-state index contributed by atoms with van der Waals surface area (Å²) in [4.78, 5) is 37.9. The number of hydrogen-bond donors (Lipinski definition) is 2. The van der Waals surface area contributed by atoms with Crippen molar-refractivity contribution in [3.05, 3.63) is 0 Å². The minimum atomic E-state index is -1.53. The van der Waals surface area contributed by atoms with Crippen molar-refractivity contribution in [2.24, 2.45) is 5.92 Å². The number of ketones is 1. The van der Waals surface area contributed by atoms with Crippen LogP contribution in [0.15, 0.2) is 0 Å². The van der Waals surface area contributed by atoms with Gasteiger partial charge in [-0.3, -0.25) is 14.4 Å². The normalized spacial score (nSPS) is 25.5. The van der Waals surface area contributed by atoms with E-state index < -0.39 is 23.6 Å². The fourth-order valence-corrected chi connectivity index (χ4v) is 5.52. The molecule has 7 heteroatoms. The zero-order chi connectivity index (χ0) is 23.1. The summed E-state index contributed by atoms with van der Waals surface area (Å²) < 4.78 is 11.3. The number of esters is 2. The van der Waals surface area contributed by atoms with Gasteiger partial charge in [0.1, 0.15) is 12.2 Å². The highest BCUT2D eigenvalue weighted by Crippen LogP contribution is 2.32. The first kappa shape index (κ1) is 24.8. The number of hydrogen-bond acceptors (Lipinski definition) is 7. The van der Waals surface area contributed by atoms with Crippen LogP contribution < -0.4 is 10.6 Å². The van der Waals surface area contributed by atoms with E-state index in [1.807, 2.05) is 55.4 Å². The fourth-order valence-electron chi connectivity index (χ4n) is 5.52. The highest BCUT2D eigenvalue weighted by Gasteiger charge is 2.44. The largest absolute Gasteiger partial charge is 0.461 e. The van der Waals surface area contributed by atoms with E-state index in [0.29, 0.717) is 25.7 Å². The lowest BCUT2D eigenvalue weighted by Crippen LogP contribution is -2.60. The molecule has 2 aliphatic rings. The van der Waals surface area contributed by atoms with Crippen LogP contribution in [0.5, 0.6) is 0 Å². The van der Waals surface area contributed by atoms with Crippen molar-refractivity contribution in [3.63, 3.8) is 0 Å². The summed E-state index contributed by atoms with van der Waals surface area (Å²) in [5, 5.41) is 7.05. The predicted octanol–water partition coefficient (Wildman–Crippen LogP) is 2.90. The summed E-state index contributed by atoms with van der Waals surface area (Å²) >= 11 is 0. The standard InChI is InChI=1S/C23H40N2O5/c1-14(26)17(18(27)29-15-10-20(2,3)24-21(4,5)11-15)19(28)30-16-12-22(6,7)25-23(8,9)13-16/h15-17,24-25H,10-13H2,1-9H3. The zero-order valence-corrected chi connectivity index (χ0v) is 20.1. The second kappa shape index (κ2) is 8.23. The molecule has 172 valence electrons. The number of carbonyl (C=O) groups is 3. The van der Waals surface area contributed by atoms with Gasteiger partial charge in [-0.1, -0.05) is 0 Å². The molecule has 2 saturated heterocycles. The van der Waals surface area contributed by atoms with Gasteiger partial charge in [0.05, 0.1) is 0 Å². The van der Waals surface area contributed by atoms with Crippen LogP contribution in [-0.4, -0.2) is 52.1 Å². The molecule has 2 aliphatic heterocycles. The van der Waals surface area contributed by atoms with Gasteiger partial charge in [0.15, 0.2) is 5.78 Å².